The number of aliphatic hydroxyl groups is 1. The summed E-state index contributed by atoms with van der Waals surface area (Å²) in [4.78, 5) is 62.2. The van der Waals surface area contributed by atoms with Crippen LogP contribution in [0.5, 0.6) is 0 Å². The third-order valence-electron chi connectivity index (χ3n) is 11.8. The maximum atomic E-state index is 15.1. The van der Waals surface area contributed by atoms with Crippen molar-refractivity contribution in [2.75, 3.05) is 20.2 Å². The van der Waals surface area contributed by atoms with Crippen LogP contribution in [0.25, 0.3) is 11.0 Å². The number of carbonyl (C=O) groups excluding carboxylic acids is 4. The number of allylic oxidation sites excluding steroid dienone is 1. The van der Waals surface area contributed by atoms with Crippen LogP contribution in [0.3, 0.4) is 0 Å². The van der Waals surface area contributed by atoms with Gasteiger partial charge in [-0.3, -0.25) is 19.2 Å². The minimum absolute atomic E-state index is 0.0140. The van der Waals surface area contributed by atoms with Crippen LogP contribution in [0.2, 0.25) is 0 Å². The molecule has 6 rings (SSSR count). The lowest BCUT2D eigenvalue weighted by Gasteiger charge is -2.40. The number of para-hydroxylation sites is 1. The number of alkyl halides is 1. The van der Waals surface area contributed by atoms with E-state index in [1.807, 2.05) is 75.4 Å². The van der Waals surface area contributed by atoms with Crippen molar-refractivity contribution in [3.8, 4) is 0 Å². The van der Waals surface area contributed by atoms with Crippen molar-refractivity contribution in [2.24, 2.45) is 17.8 Å². The molecule has 3 fully saturated rings. The Kier molecular flexibility index (Phi) is 12.3. The summed E-state index contributed by atoms with van der Waals surface area (Å²) in [5.74, 6) is -3.97. The monoisotopic (exact) mass is 818 g/mol. The summed E-state index contributed by atoms with van der Waals surface area (Å²) in [5, 5.41) is 19.4. The molecular formula is C41H51BrN6O7. The second kappa shape index (κ2) is 16.8. The van der Waals surface area contributed by atoms with Crippen molar-refractivity contribution >= 4 is 50.7 Å². The Bertz CT molecular complexity index is 1910. The fraction of sp³-hybridized carbons (Fsp3) is 0.512. The molecule has 1 spiro atoms. The van der Waals surface area contributed by atoms with Crippen LogP contribution in [0.15, 0.2) is 79.9 Å². The maximum absolute atomic E-state index is 15.1. The van der Waals surface area contributed by atoms with Crippen LogP contribution < -0.4 is 0 Å². The van der Waals surface area contributed by atoms with Gasteiger partial charge in [0, 0.05) is 24.8 Å². The van der Waals surface area contributed by atoms with E-state index in [-0.39, 0.29) is 42.7 Å². The number of carbonyl (C=O) groups is 4. The van der Waals surface area contributed by atoms with E-state index in [4.69, 9.17) is 9.47 Å². The summed E-state index contributed by atoms with van der Waals surface area (Å²) < 4.78 is 14.8. The molecule has 1 aromatic heterocycles. The first-order chi connectivity index (χ1) is 26.4. The van der Waals surface area contributed by atoms with Gasteiger partial charge in [0.2, 0.25) is 17.7 Å². The number of halogens is 1. The van der Waals surface area contributed by atoms with E-state index in [0.717, 1.165) is 5.52 Å². The number of likely N-dealkylation sites (N-methyl/N-ethyl adjacent to an activating group) is 1. The van der Waals surface area contributed by atoms with E-state index in [9.17, 15) is 14.7 Å². The second-order valence-corrected chi connectivity index (χ2v) is 16.1. The van der Waals surface area contributed by atoms with Gasteiger partial charge in [-0.05, 0) is 43.4 Å². The quantitative estimate of drug-likeness (QED) is 0.117. The number of aromatic nitrogens is 3. The molecule has 0 saturated carbocycles. The predicted octanol–water partition coefficient (Wildman–Crippen LogP) is 4.66. The van der Waals surface area contributed by atoms with Gasteiger partial charge in [0.25, 0.3) is 0 Å². The minimum atomic E-state index is -1.41. The topological polar surface area (TPSA) is 147 Å². The molecule has 14 heteroatoms. The lowest BCUT2D eigenvalue weighted by molar-refractivity contribution is -0.165. The molecule has 1 unspecified atom stereocenters. The van der Waals surface area contributed by atoms with Crippen LogP contribution in [-0.2, 0) is 35.3 Å². The Hall–Kier alpha value is -4.40. The predicted molar refractivity (Wildman–Crippen MR) is 209 cm³/mol. The SMILES string of the molecule is C=CCCC(=O)N(C)[C@H](C)[C@H](OC(=O)[C@@H]1[C@H]2O[C@@]3(CC2Br)[C@H](C(=O)N(CC=C)Cn2nnc4ccccc42)N([C@@H](CO)[C@@H](C)CC)C(=O)[C@@H]13)c1ccccc1. The average Bonchev–Trinajstić information content (AvgIpc) is 3.92. The van der Waals surface area contributed by atoms with Crippen molar-refractivity contribution in [1.29, 1.82) is 0 Å². The molecule has 0 aliphatic carbocycles. The van der Waals surface area contributed by atoms with Gasteiger partial charge in [0.05, 0.1) is 42.1 Å². The fourth-order valence-corrected chi connectivity index (χ4v) is 9.58. The number of benzene rings is 2. The number of amides is 3. The molecule has 55 heavy (non-hydrogen) atoms. The van der Waals surface area contributed by atoms with Gasteiger partial charge in [-0.2, -0.15) is 0 Å². The zero-order valence-electron chi connectivity index (χ0n) is 31.9. The highest BCUT2D eigenvalue weighted by molar-refractivity contribution is 9.09. The van der Waals surface area contributed by atoms with Crippen LogP contribution in [0.1, 0.15) is 58.1 Å². The summed E-state index contributed by atoms with van der Waals surface area (Å²) in [6.07, 6.45) is 3.31. The molecule has 1 N–H and O–H groups in total. The third-order valence-corrected chi connectivity index (χ3v) is 12.7. The Morgan fingerprint density at radius 1 is 1.13 bits per heavy atom. The molecule has 3 aliphatic rings. The molecular weight excluding hydrogens is 768 g/mol. The Balaban J connectivity index is 1.38. The first kappa shape index (κ1) is 40.3. The van der Waals surface area contributed by atoms with Crippen molar-refractivity contribution < 1.29 is 33.8 Å². The molecule has 3 aromatic rings. The third kappa shape index (κ3) is 7.24. The van der Waals surface area contributed by atoms with E-state index in [1.165, 1.54) is 4.90 Å². The van der Waals surface area contributed by atoms with Crippen LogP contribution in [0.4, 0.5) is 0 Å². The Morgan fingerprint density at radius 3 is 2.51 bits per heavy atom. The molecule has 3 amide bonds. The van der Waals surface area contributed by atoms with E-state index in [0.29, 0.717) is 23.9 Å². The minimum Gasteiger partial charge on any atom is -0.455 e. The van der Waals surface area contributed by atoms with Gasteiger partial charge in [-0.15, -0.1) is 18.3 Å². The molecule has 4 heterocycles. The maximum Gasteiger partial charge on any atom is 0.313 e. The van der Waals surface area contributed by atoms with Crippen LogP contribution >= 0.6 is 15.9 Å². The number of nitrogens with zero attached hydrogens (tertiary/aromatic N) is 6. The standard InChI is InChI=1S/C41H51BrN6O7/c1-7-10-20-32(50)45(6)26(5)35(27-16-12-11-13-17-27)54-40(53)33-34-38(51)48(31(23-49)25(4)9-3)37(41(34)22-28(42)36(33)55-41)39(52)46(21-8-2)24-47-30-19-15-14-18-29(30)43-44-47/h7-8,11-19,25-26,28,31,33-37,49H,1-2,9-10,20-24H2,3-6H3/t25-,26+,28?,31-,33-,34+,35-,36-,37-,41+/m0/s1. The summed E-state index contributed by atoms with van der Waals surface area (Å²) in [7, 11) is 1.68. The van der Waals surface area contributed by atoms with Gasteiger partial charge in [0.15, 0.2) is 0 Å². The first-order valence-corrected chi connectivity index (χ1v) is 19.9. The van der Waals surface area contributed by atoms with Crippen molar-refractivity contribution in [3.63, 3.8) is 0 Å². The molecule has 294 valence electrons. The molecule has 3 aliphatic heterocycles. The summed E-state index contributed by atoms with van der Waals surface area (Å²) in [6.45, 7) is 13.1. The highest BCUT2D eigenvalue weighted by atomic mass is 79.9. The number of hydrogen-bond acceptors (Lipinski definition) is 9. The summed E-state index contributed by atoms with van der Waals surface area (Å²) in [5.41, 5.74) is 0.668. The van der Waals surface area contributed by atoms with E-state index >= 15 is 9.59 Å². The second-order valence-electron chi connectivity index (χ2n) is 15.0. The average molecular weight is 820 g/mol. The van der Waals surface area contributed by atoms with Crippen molar-refractivity contribution in [3.05, 3.63) is 85.5 Å². The summed E-state index contributed by atoms with van der Waals surface area (Å²) >= 11 is 3.76. The van der Waals surface area contributed by atoms with Crippen molar-refractivity contribution in [1.82, 2.24) is 29.7 Å². The number of fused-ring (bicyclic) bond motifs is 2. The number of esters is 1. The molecule has 13 nitrogen and oxygen atoms in total. The lowest BCUT2D eigenvalue weighted by atomic mass is 9.70. The number of ether oxygens (including phenoxy) is 2. The van der Waals surface area contributed by atoms with Gasteiger partial charge in [-0.25, -0.2) is 4.68 Å². The zero-order chi connectivity index (χ0) is 39.6. The first-order valence-electron chi connectivity index (χ1n) is 19.0. The van der Waals surface area contributed by atoms with Gasteiger partial charge in [-0.1, -0.05) is 96.0 Å². The number of rotatable bonds is 17. The van der Waals surface area contributed by atoms with E-state index < -0.39 is 72.2 Å². The highest BCUT2D eigenvalue weighted by Gasteiger charge is 2.78. The fourth-order valence-electron chi connectivity index (χ4n) is 8.64. The largest absolute Gasteiger partial charge is 0.455 e. The Labute approximate surface area is 330 Å². The highest BCUT2D eigenvalue weighted by Crippen LogP contribution is 2.61. The smallest absolute Gasteiger partial charge is 0.313 e. The number of aliphatic hydroxyl groups excluding tert-OH is 1. The normalized spacial score (nSPS) is 26.3. The molecule has 10 atom stereocenters. The molecule has 2 bridgehead atoms. The van der Waals surface area contributed by atoms with Gasteiger partial charge < -0.3 is 29.3 Å². The van der Waals surface area contributed by atoms with Crippen LogP contribution in [0, 0.1) is 17.8 Å². The lowest BCUT2D eigenvalue weighted by Crippen LogP contribution is -2.60. The number of likely N-dealkylation sites (tertiary alicyclic amines) is 1. The summed E-state index contributed by atoms with van der Waals surface area (Å²) in [6, 6.07) is 14.1. The zero-order valence-corrected chi connectivity index (χ0v) is 33.5. The Morgan fingerprint density at radius 2 is 1.84 bits per heavy atom. The van der Waals surface area contributed by atoms with Crippen LogP contribution in [-0.4, -0.2) is 113 Å². The molecule has 0 radical (unpaired) electrons. The van der Waals surface area contributed by atoms with Gasteiger partial charge in [0.1, 0.15) is 29.9 Å². The molecule has 3 saturated heterocycles. The number of hydrogen-bond donors (Lipinski definition) is 1. The molecule has 2 aromatic carbocycles. The van der Waals surface area contributed by atoms with E-state index in [2.05, 4.69) is 39.4 Å². The van der Waals surface area contributed by atoms with Gasteiger partial charge >= 0.3 is 5.97 Å². The van der Waals surface area contributed by atoms with Crippen molar-refractivity contribution in [2.45, 2.75) is 93.9 Å². The van der Waals surface area contributed by atoms with E-state index in [1.54, 1.807) is 33.7 Å².